The number of thioether (sulfide) groups is 1. The van der Waals surface area contributed by atoms with E-state index in [2.05, 4.69) is 9.97 Å². The third-order valence-corrected chi connectivity index (χ3v) is 4.11. The Morgan fingerprint density at radius 2 is 1.87 bits per heavy atom. The van der Waals surface area contributed by atoms with Crippen molar-refractivity contribution in [1.82, 2.24) is 9.97 Å². The topological polar surface area (TPSA) is 95.2 Å². The average Bonchev–Trinajstić information content (AvgIpc) is 2.52. The maximum atomic E-state index is 11.8. The highest BCUT2D eigenvalue weighted by molar-refractivity contribution is 8.00. The van der Waals surface area contributed by atoms with E-state index in [0.717, 1.165) is 23.1 Å². The van der Waals surface area contributed by atoms with E-state index in [9.17, 15) is 9.59 Å². The van der Waals surface area contributed by atoms with Crippen molar-refractivity contribution in [3.63, 3.8) is 0 Å². The lowest BCUT2D eigenvalue weighted by Crippen LogP contribution is -2.14. The summed E-state index contributed by atoms with van der Waals surface area (Å²) < 4.78 is 5.13. The molecule has 0 saturated carbocycles. The first-order valence-corrected chi connectivity index (χ1v) is 7.86. The fourth-order valence-electron chi connectivity index (χ4n) is 2.07. The van der Waals surface area contributed by atoms with Gasteiger partial charge in [0.25, 0.3) is 0 Å². The molecule has 2 aromatic rings. The molecule has 0 aliphatic rings. The Hall–Kier alpha value is -2.41. The van der Waals surface area contributed by atoms with E-state index in [1.165, 1.54) is 6.92 Å². The zero-order chi connectivity index (χ0) is 17.0. The number of aromatic nitrogens is 2. The van der Waals surface area contributed by atoms with Crippen LogP contribution < -0.4 is 10.5 Å². The molecule has 7 heteroatoms. The monoisotopic (exact) mass is 331 g/mol. The van der Waals surface area contributed by atoms with E-state index in [4.69, 9.17) is 10.5 Å². The zero-order valence-electron chi connectivity index (χ0n) is 13.1. The number of ketones is 1. The number of Topliss-reactive ketones (excluding diaryl/α,β-unsaturated/α-hetero) is 1. The number of carbonyl (C=O) groups excluding carboxylic acids is 2. The van der Waals surface area contributed by atoms with Crippen LogP contribution in [0.3, 0.4) is 0 Å². The summed E-state index contributed by atoms with van der Waals surface area (Å²) in [5.74, 6) is 0.664. The molecule has 0 radical (unpaired) electrons. The maximum Gasteiger partial charge on any atom is 0.227 e. The van der Waals surface area contributed by atoms with Crippen LogP contribution in [0.15, 0.2) is 29.3 Å². The van der Waals surface area contributed by atoms with Gasteiger partial charge in [0.05, 0.1) is 24.1 Å². The average molecular weight is 331 g/mol. The zero-order valence-corrected chi connectivity index (χ0v) is 13.9. The van der Waals surface area contributed by atoms with Crippen molar-refractivity contribution in [2.45, 2.75) is 18.9 Å². The number of amides is 1. The van der Waals surface area contributed by atoms with E-state index in [0.29, 0.717) is 22.1 Å². The summed E-state index contributed by atoms with van der Waals surface area (Å²) in [6, 6.07) is 7.29. The standard InChI is InChI=1S/C16H17N3O3S/c1-9-14(10(2)20)16(23-8-13(17)21)19-15(18-9)11-4-6-12(22-3)7-5-11/h4-7H,8H2,1-3H3,(H2,17,21). The highest BCUT2D eigenvalue weighted by Gasteiger charge is 2.17. The quantitative estimate of drug-likeness (QED) is 0.495. The van der Waals surface area contributed by atoms with Crippen LogP contribution in [0.1, 0.15) is 23.0 Å². The van der Waals surface area contributed by atoms with E-state index in [1.54, 1.807) is 14.0 Å². The molecule has 1 aromatic carbocycles. The minimum absolute atomic E-state index is 0.0544. The van der Waals surface area contributed by atoms with E-state index < -0.39 is 5.91 Å². The highest BCUT2D eigenvalue weighted by Crippen LogP contribution is 2.27. The first-order chi connectivity index (χ1) is 10.9. The lowest BCUT2D eigenvalue weighted by Gasteiger charge is -2.11. The van der Waals surface area contributed by atoms with Gasteiger partial charge in [0, 0.05) is 5.56 Å². The highest BCUT2D eigenvalue weighted by atomic mass is 32.2. The van der Waals surface area contributed by atoms with Crippen LogP contribution in [0.4, 0.5) is 0 Å². The minimum Gasteiger partial charge on any atom is -0.497 e. The molecule has 0 unspecified atom stereocenters. The normalized spacial score (nSPS) is 10.4. The number of nitrogens with zero attached hydrogens (tertiary/aromatic N) is 2. The molecule has 0 aliphatic heterocycles. The number of primary amides is 1. The van der Waals surface area contributed by atoms with Crippen molar-refractivity contribution in [3.05, 3.63) is 35.5 Å². The smallest absolute Gasteiger partial charge is 0.227 e. The van der Waals surface area contributed by atoms with E-state index >= 15 is 0 Å². The van der Waals surface area contributed by atoms with Gasteiger partial charge in [0.15, 0.2) is 11.6 Å². The summed E-state index contributed by atoms with van der Waals surface area (Å²) in [6.45, 7) is 3.20. The van der Waals surface area contributed by atoms with Gasteiger partial charge in [0.1, 0.15) is 10.8 Å². The van der Waals surface area contributed by atoms with E-state index in [1.807, 2.05) is 24.3 Å². The van der Waals surface area contributed by atoms with Crippen LogP contribution in [0.25, 0.3) is 11.4 Å². The van der Waals surface area contributed by atoms with Gasteiger partial charge in [-0.2, -0.15) is 0 Å². The Balaban J connectivity index is 2.48. The Morgan fingerprint density at radius 3 is 2.39 bits per heavy atom. The van der Waals surface area contributed by atoms with E-state index in [-0.39, 0.29) is 11.5 Å². The van der Waals surface area contributed by atoms with Gasteiger partial charge in [-0.05, 0) is 38.1 Å². The summed E-state index contributed by atoms with van der Waals surface area (Å²) in [7, 11) is 1.59. The number of nitrogens with two attached hydrogens (primary N) is 1. The molecule has 1 amide bonds. The molecule has 1 heterocycles. The van der Waals surface area contributed by atoms with Crippen molar-refractivity contribution in [1.29, 1.82) is 0 Å². The summed E-state index contributed by atoms with van der Waals surface area (Å²) >= 11 is 1.14. The SMILES string of the molecule is COc1ccc(-c2nc(C)c(C(C)=O)c(SCC(N)=O)n2)cc1. The first kappa shape index (κ1) is 17.0. The van der Waals surface area contributed by atoms with Gasteiger partial charge in [-0.25, -0.2) is 9.97 Å². The van der Waals surface area contributed by atoms with Crippen molar-refractivity contribution in [2.75, 3.05) is 12.9 Å². The second-order valence-electron chi connectivity index (χ2n) is 4.85. The molecule has 6 nitrogen and oxygen atoms in total. The lowest BCUT2D eigenvalue weighted by molar-refractivity contribution is -0.115. The Kier molecular flexibility index (Phi) is 5.33. The minimum atomic E-state index is -0.466. The van der Waals surface area contributed by atoms with Crippen molar-refractivity contribution >= 4 is 23.5 Å². The lowest BCUT2D eigenvalue weighted by atomic mass is 10.1. The van der Waals surface area contributed by atoms with Crippen molar-refractivity contribution in [3.8, 4) is 17.1 Å². The fraction of sp³-hybridized carbons (Fsp3) is 0.250. The number of aryl methyl sites for hydroxylation is 1. The van der Waals surface area contributed by atoms with Crippen LogP contribution in [-0.2, 0) is 4.79 Å². The number of benzene rings is 1. The molecular weight excluding hydrogens is 314 g/mol. The predicted octanol–water partition coefficient (Wildman–Crippen LogP) is 2.24. The molecule has 120 valence electrons. The van der Waals surface area contributed by atoms with Crippen LogP contribution >= 0.6 is 11.8 Å². The Bertz CT molecular complexity index is 745. The van der Waals surface area contributed by atoms with Crippen molar-refractivity contribution in [2.24, 2.45) is 5.73 Å². The molecule has 0 atom stereocenters. The second kappa shape index (κ2) is 7.23. The summed E-state index contributed by atoms with van der Waals surface area (Å²) in [5, 5.41) is 0.467. The van der Waals surface area contributed by atoms with Crippen LogP contribution in [-0.4, -0.2) is 34.5 Å². The molecule has 0 aliphatic carbocycles. The predicted molar refractivity (Wildman–Crippen MR) is 88.7 cm³/mol. The van der Waals surface area contributed by atoms with Gasteiger partial charge >= 0.3 is 0 Å². The number of rotatable bonds is 6. The number of hydrogen-bond acceptors (Lipinski definition) is 6. The summed E-state index contributed by atoms with van der Waals surface area (Å²) in [6.07, 6.45) is 0. The molecule has 23 heavy (non-hydrogen) atoms. The largest absolute Gasteiger partial charge is 0.497 e. The molecule has 0 fully saturated rings. The summed E-state index contributed by atoms with van der Waals surface area (Å²) in [4.78, 5) is 31.7. The second-order valence-corrected chi connectivity index (χ2v) is 5.82. The molecule has 0 saturated heterocycles. The fourth-order valence-corrected chi connectivity index (χ4v) is 2.93. The maximum absolute atomic E-state index is 11.8. The molecule has 1 aromatic heterocycles. The van der Waals surface area contributed by atoms with Gasteiger partial charge in [-0.1, -0.05) is 11.8 Å². The van der Waals surface area contributed by atoms with Gasteiger partial charge in [-0.3, -0.25) is 9.59 Å². The van der Waals surface area contributed by atoms with Crippen LogP contribution in [0, 0.1) is 6.92 Å². The summed E-state index contributed by atoms with van der Waals surface area (Å²) in [5.41, 5.74) is 6.98. The third kappa shape index (κ3) is 4.07. The Labute approximate surface area is 138 Å². The first-order valence-electron chi connectivity index (χ1n) is 6.87. The Morgan fingerprint density at radius 1 is 1.22 bits per heavy atom. The number of hydrogen-bond donors (Lipinski definition) is 1. The van der Waals surface area contributed by atoms with Gasteiger partial charge in [-0.15, -0.1) is 0 Å². The van der Waals surface area contributed by atoms with Gasteiger partial charge in [0.2, 0.25) is 5.91 Å². The molecule has 0 spiro atoms. The number of ether oxygens (including phenoxy) is 1. The number of carbonyl (C=O) groups is 2. The third-order valence-electron chi connectivity index (χ3n) is 3.11. The molecule has 2 N–H and O–H groups in total. The van der Waals surface area contributed by atoms with Gasteiger partial charge < -0.3 is 10.5 Å². The molecule has 0 bridgehead atoms. The number of methoxy groups -OCH3 is 1. The molecular formula is C16H17N3O3S. The van der Waals surface area contributed by atoms with Crippen molar-refractivity contribution < 1.29 is 14.3 Å². The van der Waals surface area contributed by atoms with Crippen LogP contribution in [0.2, 0.25) is 0 Å². The molecule has 2 rings (SSSR count). The van der Waals surface area contributed by atoms with Crippen LogP contribution in [0.5, 0.6) is 5.75 Å².